The second-order valence-electron chi connectivity index (χ2n) is 6.57. The van der Waals surface area contributed by atoms with Gasteiger partial charge < -0.3 is 20.1 Å². The SMILES string of the molecule is CC(=O)Nc1cc(Nc2cc(C)nc(C(C)(F)F)n2)c(OC[C@H]2CCO2)cn1. The van der Waals surface area contributed by atoms with E-state index in [4.69, 9.17) is 9.47 Å². The number of carbonyl (C=O) groups is 1. The number of hydrogen-bond donors (Lipinski definition) is 2. The van der Waals surface area contributed by atoms with Gasteiger partial charge >= 0.3 is 5.92 Å². The van der Waals surface area contributed by atoms with E-state index in [0.29, 0.717) is 30.3 Å². The van der Waals surface area contributed by atoms with Crippen LogP contribution in [0.15, 0.2) is 18.3 Å². The van der Waals surface area contributed by atoms with Crippen molar-refractivity contribution < 1.29 is 23.0 Å². The Kier molecular flexibility index (Phi) is 5.68. The van der Waals surface area contributed by atoms with E-state index in [1.54, 1.807) is 13.0 Å². The number of anilines is 3. The highest BCUT2D eigenvalue weighted by molar-refractivity contribution is 5.88. The molecule has 0 bridgehead atoms. The minimum absolute atomic E-state index is 0.00884. The summed E-state index contributed by atoms with van der Waals surface area (Å²) in [7, 11) is 0. The van der Waals surface area contributed by atoms with Crippen molar-refractivity contribution in [3.63, 3.8) is 0 Å². The minimum atomic E-state index is -3.18. The molecule has 1 aliphatic heterocycles. The number of nitrogens with one attached hydrogen (secondary N) is 2. The van der Waals surface area contributed by atoms with Crippen LogP contribution >= 0.6 is 0 Å². The Hall–Kier alpha value is -2.88. The number of pyridine rings is 1. The van der Waals surface area contributed by atoms with E-state index >= 15 is 0 Å². The number of nitrogens with zero attached hydrogens (tertiary/aromatic N) is 3. The molecule has 0 unspecified atom stereocenters. The summed E-state index contributed by atoms with van der Waals surface area (Å²) in [5.41, 5.74) is 0.803. The van der Waals surface area contributed by atoms with Gasteiger partial charge in [-0.15, -0.1) is 0 Å². The maximum atomic E-state index is 13.6. The molecule has 0 saturated carbocycles. The molecule has 0 aliphatic carbocycles. The summed E-state index contributed by atoms with van der Waals surface area (Å²) in [6.45, 7) is 4.73. The van der Waals surface area contributed by atoms with Gasteiger partial charge in [-0.25, -0.2) is 15.0 Å². The first-order chi connectivity index (χ1) is 13.2. The maximum absolute atomic E-state index is 13.6. The molecule has 1 aliphatic rings. The predicted molar refractivity (Wildman–Crippen MR) is 98.0 cm³/mol. The smallest absolute Gasteiger partial charge is 0.303 e. The van der Waals surface area contributed by atoms with Gasteiger partial charge in [0.1, 0.15) is 18.2 Å². The molecule has 10 heteroatoms. The molecule has 1 saturated heterocycles. The number of amides is 1. The molecule has 8 nitrogen and oxygen atoms in total. The lowest BCUT2D eigenvalue weighted by Crippen LogP contribution is -2.32. The number of rotatable bonds is 7. The standard InChI is InChI=1S/C18H21F2N5O3/c1-10-6-16(25-17(22-10)18(3,19)20)24-13-7-15(23-11(2)26)21-8-14(13)28-9-12-4-5-27-12/h6-8,12H,4-5,9H2,1-3H3,(H2,21,22,23,24,25,26)/t12-/m1/s1. The van der Waals surface area contributed by atoms with Crippen LogP contribution in [-0.2, 0) is 15.5 Å². The third-order valence-electron chi connectivity index (χ3n) is 3.90. The molecule has 1 fully saturated rings. The van der Waals surface area contributed by atoms with Gasteiger partial charge in [0, 0.05) is 44.7 Å². The van der Waals surface area contributed by atoms with Crippen molar-refractivity contribution in [2.24, 2.45) is 0 Å². The Morgan fingerprint density at radius 3 is 2.71 bits per heavy atom. The Morgan fingerprint density at radius 2 is 2.11 bits per heavy atom. The average molecular weight is 393 g/mol. The maximum Gasteiger partial charge on any atom is 0.303 e. The molecule has 3 heterocycles. The molecule has 0 radical (unpaired) electrons. The van der Waals surface area contributed by atoms with E-state index < -0.39 is 11.7 Å². The van der Waals surface area contributed by atoms with Crippen LogP contribution < -0.4 is 15.4 Å². The van der Waals surface area contributed by atoms with Crippen molar-refractivity contribution in [3.05, 3.63) is 29.8 Å². The largest absolute Gasteiger partial charge is 0.487 e. The number of ether oxygens (including phenoxy) is 2. The molecule has 0 aromatic carbocycles. The third-order valence-corrected chi connectivity index (χ3v) is 3.90. The zero-order valence-corrected chi connectivity index (χ0v) is 15.8. The fourth-order valence-corrected chi connectivity index (χ4v) is 2.47. The minimum Gasteiger partial charge on any atom is -0.487 e. The predicted octanol–water partition coefficient (Wildman–Crippen LogP) is 3.16. The first kappa shape index (κ1) is 19.9. The van der Waals surface area contributed by atoms with Gasteiger partial charge in [0.2, 0.25) is 11.7 Å². The van der Waals surface area contributed by atoms with E-state index in [9.17, 15) is 13.6 Å². The zero-order chi connectivity index (χ0) is 20.3. The number of halogens is 2. The summed E-state index contributed by atoms with van der Waals surface area (Å²) in [6.07, 6.45) is 2.35. The Bertz CT molecular complexity index is 869. The molecular weight excluding hydrogens is 372 g/mol. The van der Waals surface area contributed by atoms with Gasteiger partial charge in [0.15, 0.2) is 5.75 Å². The molecule has 2 N–H and O–H groups in total. The quantitative estimate of drug-likeness (QED) is 0.746. The van der Waals surface area contributed by atoms with Gasteiger partial charge in [-0.05, 0) is 6.92 Å². The molecule has 2 aromatic rings. The van der Waals surface area contributed by atoms with Crippen LogP contribution in [0.25, 0.3) is 0 Å². The van der Waals surface area contributed by atoms with Crippen molar-refractivity contribution >= 4 is 23.2 Å². The second kappa shape index (κ2) is 8.01. The topological polar surface area (TPSA) is 98.3 Å². The summed E-state index contributed by atoms with van der Waals surface area (Å²) in [4.78, 5) is 23.1. The molecular formula is C18H21F2N5O3. The van der Waals surface area contributed by atoms with Crippen LogP contribution in [0.4, 0.5) is 26.1 Å². The normalized spacial score (nSPS) is 16.2. The molecule has 150 valence electrons. The highest BCUT2D eigenvalue weighted by atomic mass is 19.3. The van der Waals surface area contributed by atoms with Gasteiger partial charge in [0.25, 0.3) is 0 Å². The summed E-state index contributed by atoms with van der Waals surface area (Å²) < 4.78 is 38.4. The molecule has 28 heavy (non-hydrogen) atoms. The van der Waals surface area contributed by atoms with Crippen molar-refractivity contribution in [1.82, 2.24) is 15.0 Å². The van der Waals surface area contributed by atoms with Gasteiger partial charge in [-0.1, -0.05) is 0 Å². The third kappa shape index (κ3) is 5.10. The fourth-order valence-electron chi connectivity index (χ4n) is 2.47. The summed E-state index contributed by atoms with van der Waals surface area (Å²) in [5, 5.41) is 5.53. The zero-order valence-electron chi connectivity index (χ0n) is 15.8. The fraction of sp³-hybridized carbons (Fsp3) is 0.444. The lowest BCUT2D eigenvalue weighted by Gasteiger charge is -2.26. The molecule has 0 spiro atoms. The van der Waals surface area contributed by atoms with E-state index in [2.05, 4.69) is 25.6 Å². The van der Waals surface area contributed by atoms with Gasteiger partial charge in [-0.3, -0.25) is 4.79 Å². The highest BCUT2D eigenvalue weighted by Crippen LogP contribution is 2.31. The highest BCUT2D eigenvalue weighted by Gasteiger charge is 2.29. The Balaban J connectivity index is 1.88. The molecule has 1 amide bonds. The average Bonchev–Trinajstić information content (AvgIpc) is 2.53. The second-order valence-corrected chi connectivity index (χ2v) is 6.57. The van der Waals surface area contributed by atoms with E-state index in [1.165, 1.54) is 19.2 Å². The van der Waals surface area contributed by atoms with Crippen LogP contribution in [0.2, 0.25) is 0 Å². The van der Waals surface area contributed by atoms with Crippen molar-refractivity contribution in [3.8, 4) is 5.75 Å². The first-order valence-electron chi connectivity index (χ1n) is 8.74. The number of alkyl halides is 2. The molecule has 1 atom stereocenters. The number of aromatic nitrogens is 3. The van der Waals surface area contributed by atoms with E-state index in [1.807, 2.05) is 0 Å². The van der Waals surface area contributed by atoms with Gasteiger partial charge in [-0.2, -0.15) is 8.78 Å². The summed E-state index contributed by atoms with van der Waals surface area (Å²) in [5.74, 6) is -3.21. The van der Waals surface area contributed by atoms with Crippen LogP contribution in [0.1, 0.15) is 31.8 Å². The molecule has 3 rings (SSSR count). The van der Waals surface area contributed by atoms with Gasteiger partial charge in [0.05, 0.1) is 18.0 Å². The Morgan fingerprint density at radius 1 is 1.36 bits per heavy atom. The lowest BCUT2D eigenvalue weighted by atomic mass is 10.2. The van der Waals surface area contributed by atoms with Crippen LogP contribution in [0.3, 0.4) is 0 Å². The van der Waals surface area contributed by atoms with Crippen molar-refractivity contribution in [1.29, 1.82) is 0 Å². The lowest BCUT2D eigenvalue weighted by molar-refractivity contribution is -0.114. The Labute approximate surface area is 160 Å². The van der Waals surface area contributed by atoms with Crippen LogP contribution in [-0.4, -0.2) is 40.2 Å². The first-order valence-corrected chi connectivity index (χ1v) is 8.74. The van der Waals surface area contributed by atoms with Crippen LogP contribution in [0, 0.1) is 6.92 Å². The number of hydrogen-bond acceptors (Lipinski definition) is 7. The summed E-state index contributed by atoms with van der Waals surface area (Å²) in [6, 6.07) is 3.08. The summed E-state index contributed by atoms with van der Waals surface area (Å²) >= 11 is 0. The van der Waals surface area contributed by atoms with Crippen LogP contribution in [0.5, 0.6) is 5.75 Å². The van der Waals surface area contributed by atoms with E-state index in [0.717, 1.165) is 13.3 Å². The monoisotopic (exact) mass is 393 g/mol. The number of carbonyl (C=O) groups excluding carboxylic acids is 1. The molecule has 2 aromatic heterocycles. The van der Waals surface area contributed by atoms with E-state index in [-0.39, 0.29) is 23.6 Å². The number of aryl methyl sites for hydroxylation is 1. The van der Waals surface area contributed by atoms with Crippen molar-refractivity contribution in [2.45, 2.75) is 39.2 Å². The van der Waals surface area contributed by atoms with Crippen molar-refractivity contribution in [2.75, 3.05) is 23.8 Å².